The Kier molecular flexibility index (Phi) is 7.87. The molecule has 1 rings (SSSR count). The van der Waals surface area contributed by atoms with Crippen LogP contribution >= 0.6 is 0 Å². The van der Waals surface area contributed by atoms with Crippen LogP contribution in [-0.4, -0.2) is 36.6 Å². The maximum Gasteiger partial charge on any atom is 0.00766 e. The minimum Gasteiger partial charge on any atom is -0.314 e. The van der Waals surface area contributed by atoms with E-state index in [1.54, 1.807) is 0 Å². The summed E-state index contributed by atoms with van der Waals surface area (Å²) in [6, 6.07) is 1.54. The van der Waals surface area contributed by atoms with Crippen molar-refractivity contribution < 1.29 is 0 Å². The molecular weight excluding hydrogens is 208 g/mol. The molecular formula is C15H32N2. The maximum absolute atomic E-state index is 3.66. The lowest BCUT2D eigenvalue weighted by Crippen LogP contribution is -2.43. The van der Waals surface area contributed by atoms with E-state index in [0.29, 0.717) is 0 Å². The largest absolute Gasteiger partial charge is 0.314 e. The standard InChI is InChI=1S/C15H32N2/c1-4-6-7-9-14(3)17-12-8-11-16-15(5-2)10-13-17/h14-16H,4-13H2,1-3H3. The van der Waals surface area contributed by atoms with Crippen molar-refractivity contribution in [2.45, 2.75) is 77.8 Å². The van der Waals surface area contributed by atoms with Crippen LogP contribution in [0.5, 0.6) is 0 Å². The van der Waals surface area contributed by atoms with Gasteiger partial charge in [-0.1, -0.05) is 33.1 Å². The average molecular weight is 240 g/mol. The fraction of sp³-hybridized carbons (Fsp3) is 1.00. The second-order valence-electron chi connectivity index (χ2n) is 5.58. The summed E-state index contributed by atoms with van der Waals surface area (Å²) in [7, 11) is 0. The molecule has 0 aromatic carbocycles. The minimum atomic E-state index is 0.751. The summed E-state index contributed by atoms with van der Waals surface area (Å²) in [6.07, 6.45) is 9.45. The van der Waals surface area contributed by atoms with Crippen molar-refractivity contribution in [2.24, 2.45) is 0 Å². The van der Waals surface area contributed by atoms with E-state index in [0.717, 1.165) is 12.1 Å². The Balaban J connectivity index is 2.29. The number of rotatable bonds is 6. The van der Waals surface area contributed by atoms with Gasteiger partial charge < -0.3 is 10.2 Å². The van der Waals surface area contributed by atoms with Crippen LogP contribution < -0.4 is 5.32 Å². The van der Waals surface area contributed by atoms with Crippen molar-refractivity contribution in [3.63, 3.8) is 0 Å². The zero-order valence-electron chi connectivity index (χ0n) is 12.2. The van der Waals surface area contributed by atoms with Gasteiger partial charge in [-0.05, 0) is 52.2 Å². The zero-order chi connectivity index (χ0) is 12.5. The van der Waals surface area contributed by atoms with Crippen LogP contribution in [0, 0.1) is 0 Å². The topological polar surface area (TPSA) is 15.3 Å². The van der Waals surface area contributed by atoms with Crippen LogP contribution in [0.3, 0.4) is 0 Å². The lowest BCUT2D eigenvalue weighted by atomic mass is 10.0. The number of hydrogen-bond acceptors (Lipinski definition) is 2. The molecule has 2 heteroatoms. The first-order valence-corrected chi connectivity index (χ1v) is 7.75. The van der Waals surface area contributed by atoms with Gasteiger partial charge in [0, 0.05) is 12.1 Å². The molecule has 0 radical (unpaired) electrons. The van der Waals surface area contributed by atoms with E-state index in [-0.39, 0.29) is 0 Å². The Morgan fingerprint density at radius 3 is 2.76 bits per heavy atom. The van der Waals surface area contributed by atoms with Gasteiger partial charge in [0.2, 0.25) is 0 Å². The Bertz CT molecular complexity index is 182. The van der Waals surface area contributed by atoms with Crippen molar-refractivity contribution in [2.75, 3.05) is 19.6 Å². The van der Waals surface area contributed by atoms with E-state index in [4.69, 9.17) is 0 Å². The van der Waals surface area contributed by atoms with Crippen LogP contribution in [0.25, 0.3) is 0 Å². The van der Waals surface area contributed by atoms with Gasteiger partial charge in [0.15, 0.2) is 0 Å². The monoisotopic (exact) mass is 240 g/mol. The first-order chi connectivity index (χ1) is 8.27. The van der Waals surface area contributed by atoms with Crippen LogP contribution in [-0.2, 0) is 0 Å². The number of nitrogens with one attached hydrogen (secondary N) is 1. The highest BCUT2D eigenvalue weighted by molar-refractivity contribution is 4.75. The average Bonchev–Trinajstić information content (AvgIpc) is 2.29. The summed E-state index contributed by atoms with van der Waals surface area (Å²) >= 11 is 0. The van der Waals surface area contributed by atoms with E-state index in [2.05, 4.69) is 31.0 Å². The van der Waals surface area contributed by atoms with Crippen LogP contribution in [0.15, 0.2) is 0 Å². The fourth-order valence-electron chi connectivity index (χ4n) is 2.79. The molecule has 102 valence electrons. The van der Waals surface area contributed by atoms with Gasteiger partial charge in [-0.3, -0.25) is 0 Å². The predicted octanol–water partition coefficient (Wildman–Crippen LogP) is 3.42. The molecule has 0 aromatic rings. The van der Waals surface area contributed by atoms with Gasteiger partial charge >= 0.3 is 0 Å². The summed E-state index contributed by atoms with van der Waals surface area (Å²) in [5, 5.41) is 3.66. The number of unbranched alkanes of at least 4 members (excludes halogenated alkanes) is 2. The minimum absolute atomic E-state index is 0.751. The van der Waals surface area contributed by atoms with Gasteiger partial charge in [-0.25, -0.2) is 0 Å². The second kappa shape index (κ2) is 8.93. The lowest BCUT2D eigenvalue weighted by molar-refractivity contribution is 0.170. The molecule has 0 aliphatic carbocycles. The van der Waals surface area contributed by atoms with Gasteiger partial charge in [-0.2, -0.15) is 0 Å². The number of hydrogen-bond donors (Lipinski definition) is 1. The van der Waals surface area contributed by atoms with Gasteiger partial charge in [0.05, 0.1) is 0 Å². The van der Waals surface area contributed by atoms with E-state index in [1.807, 2.05) is 0 Å². The first-order valence-electron chi connectivity index (χ1n) is 7.75. The molecule has 17 heavy (non-hydrogen) atoms. The van der Waals surface area contributed by atoms with Gasteiger partial charge in [0.25, 0.3) is 0 Å². The molecule has 1 fully saturated rings. The van der Waals surface area contributed by atoms with Crippen molar-refractivity contribution in [1.29, 1.82) is 0 Å². The van der Waals surface area contributed by atoms with Crippen LogP contribution in [0.2, 0.25) is 0 Å². The predicted molar refractivity (Wildman–Crippen MR) is 76.5 cm³/mol. The third-order valence-electron chi connectivity index (χ3n) is 4.16. The van der Waals surface area contributed by atoms with Crippen molar-refractivity contribution in [3.8, 4) is 0 Å². The Morgan fingerprint density at radius 2 is 2.06 bits per heavy atom. The molecule has 1 aliphatic rings. The molecule has 0 bridgehead atoms. The molecule has 0 spiro atoms. The summed E-state index contributed by atoms with van der Waals surface area (Å²) in [4.78, 5) is 2.72. The normalized spacial score (nSPS) is 25.2. The van der Waals surface area contributed by atoms with Crippen LogP contribution in [0.1, 0.15) is 65.7 Å². The summed E-state index contributed by atoms with van der Waals surface area (Å²) in [5.74, 6) is 0. The molecule has 2 atom stereocenters. The van der Waals surface area contributed by atoms with E-state index >= 15 is 0 Å². The lowest BCUT2D eigenvalue weighted by Gasteiger charge is -2.33. The van der Waals surface area contributed by atoms with Crippen molar-refractivity contribution in [1.82, 2.24) is 10.2 Å². The molecule has 0 aromatic heterocycles. The SMILES string of the molecule is CCCCCC(C)N1CCCNC(CC)CC1. The summed E-state index contributed by atoms with van der Waals surface area (Å²) in [6.45, 7) is 10.8. The third kappa shape index (κ3) is 5.87. The summed E-state index contributed by atoms with van der Waals surface area (Å²) in [5.41, 5.74) is 0. The molecule has 0 amide bonds. The second-order valence-corrected chi connectivity index (χ2v) is 5.58. The highest BCUT2D eigenvalue weighted by Crippen LogP contribution is 2.13. The van der Waals surface area contributed by atoms with Gasteiger partial charge in [0.1, 0.15) is 0 Å². The zero-order valence-corrected chi connectivity index (χ0v) is 12.2. The first kappa shape index (κ1) is 15.0. The molecule has 1 aliphatic heterocycles. The van der Waals surface area contributed by atoms with E-state index < -0.39 is 0 Å². The molecule has 1 saturated heterocycles. The molecule has 1 N–H and O–H groups in total. The highest BCUT2D eigenvalue weighted by Gasteiger charge is 2.17. The number of nitrogens with zero attached hydrogens (tertiary/aromatic N) is 1. The van der Waals surface area contributed by atoms with Gasteiger partial charge in [-0.15, -0.1) is 0 Å². The van der Waals surface area contributed by atoms with Crippen molar-refractivity contribution in [3.05, 3.63) is 0 Å². The smallest absolute Gasteiger partial charge is 0.00766 e. The third-order valence-corrected chi connectivity index (χ3v) is 4.16. The Hall–Kier alpha value is -0.0800. The fourth-order valence-corrected chi connectivity index (χ4v) is 2.79. The molecule has 0 saturated carbocycles. The maximum atomic E-state index is 3.66. The summed E-state index contributed by atoms with van der Waals surface area (Å²) < 4.78 is 0. The van der Waals surface area contributed by atoms with E-state index in [9.17, 15) is 0 Å². The van der Waals surface area contributed by atoms with E-state index in [1.165, 1.54) is 64.6 Å². The van der Waals surface area contributed by atoms with Crippen molar-refractivity contribution >= 4 is 0 Å². The molecule has 1 heterocycles. The quantitative estimate of drug-likeness (QED) is 0.716. The molecule has 2 nitrogen and oxygen atoms in total. The molecule has 2 unspecified atom stereocenters. The highest BCUT2D eigenvalue weighted by atomic mass is 15.2. The Labute approximate surface area is 108 Å². The van der Waals surface area contributed by atoms with Crippen LogP contribution in [0.4, 0.5) is 0 Å². The Morgan fingerprint density at radius 1 is 1.24 bits per heavy atom.